The molecule has 2 aromatic carbocycles. The zero-order valence-electron chi connectivity index (χ0n) is 19.1. The number of hydrogen-bond acceptors (Lipinski definition) is 6. The molecule has 0 unspecified atom stereocenters. The van der Waals surface area contributed by atoms with Gasteiger partial charge < -0.3 is 15.1 Å². The Morgan fingerprint density at radius 1 is 0.971 bits per heavy atom. The first-order chi connectivity index (χ1) is 16.4. The predicted molar refractivity (Wildman–Crippen MR) is 140 cm³/mol. The molecule has 2 amide bonds. The number of thioether (sulfide) groups is 1. The second-order valence-corrected chi connectivity index (χ2v) is 9.96. The Labute approximate surface area is 212 Å². The smallest absolute Gasteiger partial charge is 0.254 e. The fourth-order valence-electron chi connectivity index (χ4n) is 3.81. The minimum Gasteiger partial charge on any atom is -0.368 e. The maximum Gasteiger partial charge on any atom is 0.254 e. The van der Waals surface area contributed by atoms with Gasteiger partial charge in [0.2, 0.25) is 5.91 Å². The van der Waals surface area contributed by atoms with Crippen LogP contribution in [0.1, 0.15) is 21.7 Å². The van der Waals surface area contributed by atoms with Crippen molar-refractivity contribution in [2.75, 3.05) is 42.1 Å². The number of carbonyl (C=O) groups excluding carboxylic acids is 2. The molecule has 1 N–H and O–H groups in total. The van der Waals surface area contributed by atoms with E-state index in [1.165, 1.54) is 11.8 Å². The number of aryl methyl sites for hydroxylation is 2. The van der Waals surface area contributed by atoms with E-state index in [0.29, 0.717) is 23.8 Å². The van der Waals surface area contributed by atoms with Crippen LogP contribution in [0.4, 0.5) is 11.4 Å². The van der Waals surface area contributed by atoms with Gasteiger partial charge in [-0.3, -0.25) is 9.59 Å². The Morgan fingerprint density at radius 3 is 2.29 bits per heavy atom. The number of piperazine rings is 1. The van der Waals surface area contributed by atoms with E-state index in [0.717, 1.165) is 40.3 Å². The van der Waals surface area contributed by atoms with E-state index in [4.69, 9.17) is 0 Å². The van der Waals surface area contributed by atoms with Gasteiger partial charge in [-0.2, -0.15) is 0 Å². The van der Waals surface area contributed by atoms with Crippen LogP contribution in [0.25, 0.3) is 0 Å². The van der Waals surface area contributed by atoms with Gasteiger partial charge in [0.1, 0.15) is 0 Å². The Hall–Kier alpha value is -2.91. The van der Waals surface area contributed by atoms with Gasteiger partial charge in [0.05, 0.1) is 5.75 Å². The summed E-state index contributed by atoms with van der Waals surface area (Å²) >= 11 is 4.75. The van der Waals surface area contributed by atoms with E-state index >= 15 is 0 Å². The van der Waals surface area contributed by atoms with Crippen LogP contribution in [0, 0.1) is 13.8 Å². The molecule has 0 bridgehead atoms. The Balaban J connectivity index is 1.26. The fraction of sp³-hybridized carbons (Fsp3) is 0.280. The third-order valence-corrected chi connectivity index (χ3v) is 6.79. The Kier molecular flexibility index (Phi) is 7.84. The van der Waals surface area contributed by atoms with Crippen molar-refractivity contribution in [1.29, 1.82) is 0 Å². The Bertz CT molecular complexity index is 1160. The molecule has 4 rings (SSSR count). The number of aromatic nitrogens is 2. The lowest BCUT2D eigenvalue weighted by molar-refractivity contribution is -0.113. The van der Waals surface area contributed by atoms with Crippen LogP contribution in [0.5, 0.6) is 0 Å². The van der Waals surface area contributed by atoms with Crippen LogP contribution in [-0.2, 0) is 4.79 Å². The van der Waals surface area contributed by atoms with Gasteiger partial charge in [-0.05, 0) is 62.4 Å². The fourth-order valence-corrected chi connectivity index (χ4v) is 4.96. The van der Waals surface area contributed by atoms with Crippen molar-refractivity contribution in [3.63, 3.8) is 0 Å². The van der Waals surface area contributed by atoms with Crippen LogP contribution in [-0.4, -0.2) is 58.6 Å². The molecule has 1 saturated heterocycles. The molecule has 0 spiro atoms. The average molecular weight is 540 g/mol. The number of nitrogens with one attached hydrogen (secondary N) is 1. The summed E-state index contributed by atoms with van der Waals surface area (Å²) in [5, 5.41) is 3.54. The molecule has 0 atom stereocenters. The molecular formula is C25H26BrN5O2S. The lowest BCUT2D eigenvalue weighted by Gasteiger charge is -2.36. The first-order valence-electron chi connectivity index (χ1n) is 11.0. The molecule has 1 aromatic heterocycles. The summed E-state index contributed by atoms with van der Waals surface area (Å²) in [4.78, 5) is 38.0. The van der Waals surface area contributed by atoms with Gasteiger partial charge in [0.15, 0.2) is 5.16 Å². The molecule has 3 aromatic rings. The van der Waals surface area contributed by atoms with Crippen LogP contribution in [0.2, 0.25) is 0 Å². The van der Waals surface area contributed by atoms with E-state index < -0.39 is 0 Å². The highest BCUT2D eigenvalue weighted by Gasteiger charge is 2.22. The topological polar surface area (TPSA) is 78.4 Å². The largest absolute Gasteiger partial charge is 0.368 e. The molecule has 7 nitrogen and oxygen atoms in total. The second-order valence-electron chi connectivity index (χ2n) is 8.11. The van der Waals surface area contributed by atoms with Crippen molar-refractivity contribution in [2.45, 2.75) is 19.0 Å². The van der Waals surface area contributed by atoms with Crippen molar-refractivity contribution >= 4 is 50.9 Å². The molecule has 1 aliphatic rings. The molecule has 9 heteroatoms. The summed E-state index contributed by atoms with van der Waals surface area (Å²) < 4.78 is 0.904. The number of rotatable bonds is 6. The van der Waals surface area contributed by atoms with Crippen molar-refractivity contribution in [3.8, 4) is 0 Å². The number of nitrogens with zero attached hydrogens (tertiary/aromatic N) is 4. The Morgan fingerprint density at radius 2 is 1.65 bits per heavy atom. The highest BCUT2D eigenvalue weighted by atomic mass is 79.9. The van der Waals surface area contributed by atoms with Gasteiger partial charge in [0.25, 0.3) is 5.91 Å². The summed E-state index contributed by atoms with van der Waals surface area (Å²) in [6.07, 6.45) is 0. The van der Waals surface area contributed by atoms with Crippen LogP contribution < -0.4 is 10.2 Å². The zero-order valence-corrected chi connectivity index (χ0v) is 21.5. The molecule has 1 aliphatic heterocycles. The average Bonchev–Trinajstić information content (AvgIpc) is 2.82. The van der Waals surface area contributed by atoms with Crippen molar-refractivity contribution < 1.29 is 9.59 Å². The maximum absolute atomic E-state index is 12.8. The SMILES string of the molecule is Cc1cc(C)nc(SCC(=O)Nc2ccc(N3CCN(C(=O)c4cccc(Br)c4)CC3)cc2)n1. The molecule has 176 valence electrons. The van der Waals surface area contributed by atoms with E-state index in [2.05, 4.69) is 36.1 Å². The normalized spacial score (nSPS) is 13.6. The van der Waals surface area contributed by atoms with Crippen LogP contribution in [0.15, 0.2) is 64.2 Å². The molecule has 0 saturated carbocycles. The summed E-state index contributed by atoms with van der Waals surface area (Å²) in [7, 11) is 0. The van der Waals surface area contributed by atoms with Gasteiger partial charge in [-0.25, -0.2) is 9.97 Å². The molecule has 0 radical (unpaired) electrons. The number of carbonyl (C=O) groups is 2. The second kappa shape index (κ2) is 11.0. The maximum atomic E-state index is 12.8. The summed E-state index contributed by atoms with van der Waals surface area (Å²) in [6, 6.07) is 17.2. The van der Waals surface area contributed by atoms with Crippen molar-refractivity contribution in [2.24, 2.45) is 0 Å². The molecule has 1 fully saturated rings. The zero-order chi connectivity index (χ0) is 24.1. The minimum absolute atomic E-state index is 0.0584. The van der Waals surface area contributed by atoms with Crippen LogP contribution in [0.3, 0.4) is 0 Å². The van der Waals surface area contributed by atoms with E-state index in [9.17, 15) is 9.59 Å². The highest BCUT2D eigenvalue weighted by Crippen LogP contribution is 2.22. The summed E-state index contributed by atoms with van der Waals surface area (Å²) in [5.41, 5.74) is 4.31. The summed E-state index contributed by atoms with van der Waals surface area (Å²) in [6.45, 7) is 6.69. The first-order valence-corrected chi connectivity index (χ1v) is 12.8. The van der Waals surface area contributed by atoms with Gasteiger partial charge in [-0.1, -0.05) is 33.8 Å². The quantitative estimate of drug-likeness (QED) is 0.365. The van der Waals surface area contributed by atoms with Gasteiger partial charge in [0, 0.05) is 59.0 Å². The highest BCUT2D eigenvalue weighted by molar-refractivity contribution is 9.10. The minimum atomic E-state index is -0.0971. The number of hydrogen-bond donors (Lipinski definition) is 1. The number of anilines is 2. The summed E-state index contributed by atoms with van der Waals surface area (Å²) in [5.74, 6) is 0.210. The molecule has 2 heterocycles. The molecule has 0 aliphatic carbocycles. The lowest BCUT2D eigenvalue weighted by Crippen LogP contribution is -2.48. The number of halogens is 1. The van der Waals surface area contributed by atoms with E-state index in [-0.39, 0.29) is 17.6 Å². The number of amides is 2. The van der Waals surface area contributed by atoms with Crippen molar-refractivity contribution in [3.05, 3.63) is 76.0 Å². The van der Waals surface area contributed by atoms with Crippen LogP contribution >= 0.6 is 27.7 Å². The number of benzene rings is 2. The monoisotopic (exact) mass is 539 g/mol. The van der Waals surface area contributed by atoms with E-state index in [1.54, 1.807) is 0 Å². The molecule has 34 heavy (non-hydrogen) atoms. The van der Waals surface area contributed by atoms with Crippen molar-refractivity contribution in [1.82, 2.24) is 14.9 Å². The molecular weight excluding hydrogens is 514 g/mol. The third-order valence-electron chi connectivity index (χ3n) is 5.45. The van der Waals surface area contributed by atoms with Gasteiger partial charge in [-0.15, -0.1) is 0 Å². The first kappa shape index (κ1) is 24.2. The third kappa shape index (κ3) is 6.36. The lowest BCUT2D eigenvalue weighted by atomic mass is 10.1. The van der Waals surface area contributed by atoms with E-state index in [1.807, 2.05) is 73.3 Å². The predicted octanol–water partition coefficient (Wildman–Crippen LogP) is 4.55. The standard InChI is InChI=1S/C25H26BrN5O2S/c1-17-14-18(2)28-25(27-17)34-16-23(32)29-21-6-8-22(9-7-21)30-10-12-31(13-11-30)24(33)19-4-3-5-20(26)15-19/h3-9,14-15H,10-13,16H2,1-2H3,(H,29,32). The van der Waals surface area contributed by atoms with Gasteiger partial charge >= 0.3 is 0 Å².